The van der Waals surface area contributed by atoms with Crippen molar-refractivity contribution in [1.29, 1.82) is 0 Å². The highest BCUT2D eigenvalue weighted by Crippen LogP contribution is 2.26. The van der Waals surface area contributed by atoms with Gasteiger partial charge >= 0.3 is 0 Å². The van der Waals surface area contributed by atoms with Crippen LogP contribution in [0, 0.1) is 0 Å². The molecule has 1 aromatic rings. The van der Waals surface area contributed by atoms with Crippen molar-refractivity contribution in [3.05, 3.63) is 29.3 Å². The molecule has 1 fully saturated rings. The van der Waals surface area contributed by atoms with Gasteiger partial charge in [0.1, 0.15) is 5.75 Å². The van der Waals surface area contributed by atoms with E-state index in [1.807, 2.05) is 0 Å². The quantitative estimate of drug-likeness (QED) is 0.769. The molecule has 2 heterocycles. The molecule has 0 N–H and O–H groups in total. The summed E-state index contributed by atoms with van der Waals surface area (Å²) >= 11 is 5.94. The van der Waals surface area contributed by atoms with Gasteiger partial charge in [-0.3, -0.25) is 0 Å². The van der Waals surface area contributed by atoms with E-state index in [4.69, 9.17) is 16.3 Å². The molecule has 0 radical (unpaired) electrons. The molecule has 0 saturated carbocycles. The van der Waals surface area contributed by atoms with Gasteiger partial charge in [0.05, 0.1) is 6.61 Å². The SMILES string of the molecule is ClCCC1CCCCN1CCc1ccc2c(c1)CCO2. The lowest BCUT2D eigenvalue weighted by molar-refractivity contribution is 0.146. The number of hydrogen-bond acceptors (Lipinski definition) is 2. The summed E-state index contributed by atoms with van der Waals surface area (Å²) in [5.41, 5.74) is 2.84. The number of benzene rings is 1. The number of fused-ring (bicyclic) bond motifs is 1. The van der Waals surface area contributed by atoms with Crippen LogP contribution in [0.5, 0.6) is 5.75 Å². The minimum Gasteiger partial charge on any atom is -0.493 e. The number of piperidine rings is 1. The normalized spacial score (nSPS) is 22.6. The molecule has 2 aliphatic heterocycles. The molecular weight excluding hydrogens is 270 g/mol. The predicted octanol–water partition coefficient (Wildman–Crippen LogP) is 3.65. The number of ether oxygens (including phenoxy) is 1. The smallest absolute Gasteiger partial charge is 0.122 e. The van der Waals surface area contributed by atoms with Crippen LogP contribution >= 0.6 is 11.6 Å². The molecule has 3 rings (SSSR count). The molecule has 0 aromatic heterocycles. The average molecular weight is 294 g/mol. The second-order valence-corrected chi connectivity index (χ2v) is 6.33. The first-order chi connectivity index (χ1) is 9.86. The topological polar surface area (TPSA) is 12.5 Å². The van der Waals surface area contributed by atoms with Gasteiger partial charge in [-0.25, -0.2) is 0 Å². The number of halogens is 1. The van der Waals surface area contributed by atoms with Crippen LogP contribution in [-0.4, -0.2) is 36.5 Å². The Bertz CT molecular complexity index is 447. The van der Waals surface area contributed by atoms with Crippen LogP contribution in [0.25, 0.3) is 0 Å². The summed E-state index contributed by atoms with van der Waals surface area (Å²) in [4.78, 5) is 2.65. The minimum atomic E-state index is 0.707. The zero-order valence-electron chi connectivity index (χ0n) is 12.1. The highest BCUT2D eigenvalue weighted by Gasteiger charge is 2.21. The molecule has 0 amide bonds. The molecule has 1 unspecified atom stereocenters. The van der Waals surface area contributed by atoms with Crippen LogP contribution < -0.4 is 4.74 Å². The maximum atomic E-state index is 5.94. The fourth-order valence-electron chi connectivity index (χ4n) is 3.48. The second-order valence-electron chi connectivity index (χ2n) is 5.95. The van der Waals surface area contributed by atoms with Crippen molar-refractivity contribution in [2.24, 2.45) is 0 Å². The fourth-order valence-corrected chi connectivity index (χ4v) is 3.73. The van der Waals surface area contributed by atoms with E-state index in [-0.39, 0.29) is 0 Å². The van der Waals surface area contributed by atoms with Gasteiger partial charge in [0.15, 0.2) is 0 Å². The van der Waals surface area contributed by atoms with Gasteiger partial charge in [0, 0.05) is 24.9 Å². The van der Waals surface area contributed by atoms with Crippen molar-refractivity contribution in [3.8, 4) is 5.75 Å². The number of rotatable bonds is 5. The van der Waals surface area contributed by atoms with Gasteiger partial charge in [0.2, 0.25) is 0 Å². The monoisotopic (exact) mass is 293 g/mol. The molecule has 0 bridgehead atoms. The molecule has 3 heteroatoms. The minimum absolute atomic E-state index is 0.707. The molecule has 2 aliphatic rings. The summed E-state index contributed by atoms with van der Waals surface area (Å²) < 4.78 is 5.57. The van der Waals surface area contributed by atoms with Crippen molar-refractivity contribution < 1.29 is 4.74 Å². The third kappa shape index (κ3) is 3.29. The molecule has 2 nitrogen and oxygen atoms in total. The number of nitrogens with zero attached hydrogens (tertiary/aromatic N) is 1. The van der Waals surface area contributed by atoms with Gasteiger partial charge in [-0.2, -0.15) is 0 Å². The summed E-state index contributed by atoms with van der Waals surface area (Å²) in [5.74, 6) is 1.88. The summed E-state index contributed by atoms with van der Waals surface area (Å²) in [6.45, 7) is 3.26. The molecular formula is C17H24ClNO. The Morgan fingerprint density at radius 2 is 2.25 bits per heavy atom. The van der Waals surface area contributed by atoms with Crippen molar-refractivity contribution in [2.45, 2.75) is 44.6 Å². The summed E-state index contributed by atoms with van der Waals surface area (Å²) in [6, 6.07) is 7.41. The lowest BCUT2D eigenvalue weighted by atomic mass is 9.99. The standard InChI is InChI=1S/C17H24ClNO/c18-9-6-16-3-1-2-10-19(16)11-7-14-4-5-17-15(13-14)8-12-20-17/h4-5,13,16H,1-3,6-12H2. The third-order valence-corrected chi connectivity index (χ3v) is 4.85. The van der Waals surface area contributed by atoms with Gasteiger partial charge in [0.25, 0.3) is 0 Å². The van der Waals surface area contributed by atoms with Crippen LogP contribution in [0.3, 0.4) is 0 Å². The first-order valence-corrected chi connectivity index (χ1v) is 8.45. The lowest BCUT2D eigenvalue weighted by Crippen LogP contribution is -2.40. The molecule has 110 valence electrons. The van der Waals surface area contributed by atoms with E-state index < -0.39 is 0 Å². The van der Waals surface area contributed by atoms with E-state index in [9.17, 15) is 0 Å². The molecule has 1 saturated heterocycles. The van der Waals surface area contributed by atoms with Crippen molar-refractivity contribution >= 4 is 11.6 Å². The van der Waals surface area contributed by atoms with E-state index in [0.29, 0.717) is 6.04 Å². The summed E-state index contributed by atoms with van der Waals surface area (Å²) in [7, 11) is 0. The van der Waals surface area contributed by atoms with Crippen LogP contribution in [0.2, 0.25) is 0 Å². The summed E-state index contributed by atoms with van der Waals surface area (Å²) in [5, 5.41) is 0. The Hall–Kier alpha value is -0.730. The van der Waals surface area contributed by atoms with Crippen molar-refractivity contribution in [2.75, 3.05) is 25.6 Å². The third-order valence-electron chi connectivity index (χ3n) is 4.63. The van der Waals surface area contributed by atoms with Gasteiger partial charge in [-0.1, -0.05) is 18.6 Å². The van der Waals surface area contributed by atoms with Gasteiger partial charge in [-0.15, -0.1) is 11.6 Å². The Labute approximate surface area is 127 Å². The molecule has 20 heavy (non-hydrogen) atoms. The Morgan fingerprint density at radius 3 is 3.15 bits per heavy atom. The zero-order valence-corrected chi connectivity index (χ0v) is 12.9. The van der Waals surface area contributed by atoms with Crippen molar-refractivity contribution in [1.82, 2.24) is 4.90 Å². The van der Waals surface area contributed by atoms with Crippen molar-refractivity contribution in [3.63, 3.8) is 0 Å². The first-order valence-electron chi connectivity index (χ1n) is 7.91. The fraction of sp³-hybridized carbons (Fsp3) is 0.647. The Morgan fingerprint density at radius 1 is 1.30 bits per heavy atom. The Balaban J connectivity index is 1.57. The van der Waals surface area contributed by atoms with Gasteiger partial charge < -0.3 is 9.64 Å². The highest BCUT2D eigenvalue weighted by atomic mass is 35.5. The predicted molar refractivity (Wildman–Crippen MR) is 83.9 cm³/mol. The maximum Gasteiger partial charge on any atom is 0.122 e. The van der Waals surface area contributed by atoms with E-state index in [0.717, 1.165) is 37.5 Å². The first kappa shape index (κ1) is 14.2. The second kappa shape index (κ2) is 6.82. The largest absolute Gasteiger partial charge is 0.493 e. The molecule has 0 aliphatic carbocycles. The Kier molecular flexibility index (Phi) is 4.85. The number of likely N-dealkylation sites (tertiary alicyclic amines) is 1. The number of hydrogen-bond donors (Lipinski definition) is 0. The van der Waals surface area contributed by atoms with E-state index >= 15 is 0 Å². The van der Waals surface area contributed by atoms with E-state index in [2.05, 4.69) is 23.1 Å². The maximum absolute atomic E-state index is 5.94. The molecule has 0 spiro atoms. The van der Waals surface area contributed by atoms with Crippen LogP contribution in [-0.2, 0) is 12.8 Å². The molecule has 1 atom stereocenters. The highest BCUT2D eigenvalue weighted by molar-refractivity contribution is 6.17. The average Bonchev–Trinajstić information content (AvgIpc) is 2.94. The van der Waals surface area contributed by atoms with Gasteiger partial charge in [-0.05, 0) is 49.4 Å². The van der Waals surface area contributed by atoms with Crippen LogP contribution in [0.15, 0.2) is 18.2 Å². The molecule has 1 aromatic carbocycles. The van der Waals surface area contributed by atoms with Crippen LogP contribution in [0.4, 0.5) is 0 Å². The summed E-state index contributed by atoms with van der Waals surface area (Å²) in [6.07, 6.45) is 7.39. The zero-order chi connectivity index (χ0) is 13.8. The lowest BCUT2D eigenvalue weighted by Gasteiger charge is -2.35. The van der Waals surface area contributed by atoms with Crippen LogP contribution in [0.1, 0.15) is 36.8 Å². The van der Waals surface area contributed by atoms with E-state index in [1.54, 1.807) is 0 Å². The number of alkyl halides is 1. The van der Waals surface area contributed by atoms with E-state index in [1.165, 1.54) is 43.5 Å².